The van der Waals surface area contributed by atoms with Crippen molar-refractivity contribution < 1.29 is 4.79 Å². The maximum absolute atomic E-state index is 11.2. The third-order valence-electron chi connectivity index (χ3n) is 2.94. The first-order chi connectivity index (χ1) is 8.19. The maximum atomic E-state index is 11.2. The quantitative estimate of drug-likeness (QED) is 0.383. The summed E-state index contributed by atoms with van der Waals surface area (Å²) >= 11 is 0. The third-order valence-corrected chi connectivity index (χ3v) is 2.94. The Morgan fingerprint density at radius 1 is 1.53 bits per heavy atom. The van der Waals surface area contributed by atoms with Gasteiger partial charge in [0.1, 0.15) is 0 Å². The molecule has 17 heavy (non-hydrogen) atoms. The summed E-state index contributed by atoms with van der Waals surface area (Å²) in [7, 11) is 2.01. The number of fused-ring (bicyclic) bond motifs is 1. The number of carbonyl (C=O) groups excluding carboxylic acids is 1. The number of nitrogens with two attached hydrogens (primary N) is 1. The molecule has 0 unspecified atom stereocenters. The topological polar surface area (TPSA) is 70.4 Å². The standard InChI is InChI=1S/C12H18N4O/c1-16(8-14-13)5-4-9-2-3-11-10(6-9)7-12(17)15-11/h2-3,6,14H,4-5,7-8,13H2,1H3,(H,15,17). The van der Waals surface area contributed by atoms with Crippen molar-refractivity contribution in [1.29, 1.82) is 0 Å². The number of nitrogens with one attached hydrogen (secondary N) is 2. The molecule has 1 heterocycles. The lowest BCUT2D eigenvalue weighted by molar-refractivity contribution is -0.115. The van der Waals surface area contributed by atoms with Gasteiger partial charge in [0.15, 0.2) is 0 Å². The smallest absolute Gasteiger partial charge is 0.228 e. The van der Waals surface area contributed by atoms with Crippen LogP contribution >= 0.6 is 0 Å². The van der Waals surface area contributed by atoms with Crippen molar-refractivity contribution in [2.45, 2.75) is 12.8 Å². The van der Waals surface area contributed by atoms with Crippen molar-refractivity contribution in [3.63, 3.8) is 0 Å². The predicted octanol–water partition coefficient (Wildman–Crippen LogP) is 0.0763. The van der Waals surface area contributed by atoms with E-state index in [4.69, 9.17) is 5.84 Å². The van der Waals surface area contributed by atoms with Crippen LogP contribution in [0.2, 0.25) is 0 Å². The zero-order valence-corrected chi connectivity index (χ0v) is 9.99. The normalized spacial score (nSPS) is 13.9. The van der Waals surface area contributed by atoms with Crippen molar-refractivity contribution in [3.8, 4) is 0 Å². The van der Waals surface area contributed by atoms with Gasteiger partial charge in [-0.15, -0.1) is 0 Å². The van der Waals surface area contributed by atoms with E-state index in [1.54, 1.807) is 0 Å². The van der Waals surface area contributed by atoms with E-state index in [9.17, 15) is 4.79 Å². The largest absolute Gasteiger partial charge is 0.326 e. The van der Waals surface area contributed by atoms with Gasteiger partial charge in [0, 0.05) is 12.2 Å². The molecular weight excluding hydrogens is 216 g/mol. The number of benzene rings is 1. The second kappa shape index (κ2) is 5.27. The molecule has 0 radical (unpaired) electrons. The Bertz CT molecular complexity index is 419. The highest BCUT2D eigenvalue weighted by molar-refractivity contribution is 5.99. The molecule has 4 N–H and O–H groups in total. The van der Waals surface area contributed by atoms with E-state index in [0.717, 1.165) is 24.2 Å². The van der Waals surface area contributed by atoms with Gasteiger partial charge >= 0.3 is 0 Å². The van der Waals surface area contributed by atoms with Gasteiger partial charge in [0.05, 0.1) is 13.1 Å². The Morgan fingerprint density at radius 3 is 3.12 bits per heavy atom. The monoisotopic (exact) mass is 234 g/mol. The Balaban J connectivity index is 1.95. The molecule has 0 aliphatic carbocycles. The molecule has 1 aromatic carbocycles. The predicted molar refractivity (Wildman–Crippen MR) is 67.3 cm³/mol. The molecule has 1 aliphatic heterocycles. The van der Waals surface area contributed by atoms with E-state index in [1.165, 1.54) is 5.56 Å². The minimum absolute atomic E-state index is 0.0848. The second-order valence-electron chi connectivity index (χ2n) is 4.41. The molecule has 5 heteroatoms. The summed E-state index contributed by atoms with van der Waals surface area (Å²) in [6.07, 6.45) is 1.46. The first kappa shape index (κ1) is 12.0. The lowest BCUT2D eigenvalue weighted by atomic mass is 10.1. The summed E-state index contributed by atoms with van der Waals surface area (Å²) in [5.74, 6) is 5.33. The number of hydrogen-bond acceptors (Lipinski definition) is 4. The van der Waals surface area contributed by atoms with Crippen molar-refractivity contribution in [2.24, 2.45) is 5.84 Å². The van der Waals surface area contributed by atoms with Gasteiger partial charge in [0.2, 0.25) is 5.91 Å². The number of amides is 1. The molecule has 0 spiro atoms. The third kappa shape index (κ3) is 3.03. The van der Waals surface area contributed by atoms with Gasteiger partial charge in [0.25, 0.3) is 0 Å². The molecule has 2 rings (SSSR count). The van der Waals surface area contributed by atoms with Crippen molar-refractivity contribution in [3.05, 3.63) is 29.3 Å². The van der Waals surface area contributed by atoms with Crippen LogP contribution in [-0.2, 0) is 17.6 Å². The van der Waals surface area contributed by atoms with Crippen LogP contribution in [0.4, 0.5) is 5.69 Å². The van der Waals surface area contributed by atoms with Gasteiger partial charge in [-0.2, -0.15) is 0 Å². The van der Waals surface area contributed by atoms with E-state index in [2.05, 4.69) is 27.8 Å². The molecular formula is C12H18N4O. The van der Waals surface area contributed by atoms with Gasteiger partial charge < -0.3 is 5.32 Å². The van der Waals surface area contributed by atoms with E-state index in [1.807, 2.05) is 13.1 Å². The molecule has 1 aromatic rings. The van der Waals surface area contributed by atoms with Crippen LogP contribution in [0.1, 0.15) is 11.1 Å². The maximum Gasteiger partial charge on any atom is 0.228 e. The lowest BCUT2D eigenvalue weighted by Crippen LogP contribution is -2.36. The van der Waals surface area contributed by atoms with Crippen LogP contribution in [0, 0.1) is 0 Å². The number of rotatable bonds is 5. The highest BCUT2D eigenvalue weighted by Gasteiger charge is 2.17. The highest BCUT2D eigenvalue weighted by atomic mass is 16.1. The number of carbonyl (C=O) groups is 1. The van der Waals surface area contributed by atoms with Crippen LogP contribution in [-0.4, -0.2) is 31.1 Å². The van der Waals surface area contributed by atoms with Crippen LogP contribution in [0.25, 0.3) is 0 Å². The molecule has 0 aromatic heterocycles. The van der Waals surface area contributed by atoms with Crippen LogP contribution in [0.3, 0.4) is 0 Å². The van der Waals surface area contributed by atoms with E-state index < -0.39 is 0 Å². The summed E-state index contributed by atoms with van der Waals surface area (Å²) in [6.45, 7) is 1.61. The average Bonchev–Trinajstić information content (AvgIpc) is 2.66. The van der Waals surface area contributed by atoms with Gasteiger partial charge in [-0.1, -0.05) is 12.1 Å². The first-order valence-electron chi connectivity index (χ1n) is 5.72. The fraction of sp³-hybridized carbons (Fsp3) is 0.417. The number of hydrazine groups is 1. The van der Waals surface area contributed by atoms with Gasteiger partial charge in [-0.3, -0.25) is 15.5 Å². The van der Waals surface area contributed by atoms with Crippen LogP contribution < -0.4 is 16.6 Å². The van der Waals surface area contributed by atoms with Crippen molar-refractivity contribution >= 4 is 11.6 Å². The summed E-state index contributed by atoms with van der Waals surface area (Å²) in [5, 5.41) is 2.83. The molecule has 1 aliphatic rings. The molecule has 92 valence electrons. The summed E-state index contributed by atoms with van der Waals surface area (Å²) in [4.78, 5) is 13.3. The SMILES string of the molecule is CN(CCc1ccc2c(c1)CC(=O)N2)CNN. The van der Waals surface area contributed by atoms with Crippen LogP contribution in [0.5, 0.6) is 0 Å². The first-order valence-corrected chi connectivity index (χ1v) is 5.72. The molecule has 0 saturated carbocycles. The van der Waals surface area contributed by atoms with E-state index >= 15 is 0 Å². The second-order valence-corrected chi connectivity index (χ2v) is 4.41. The fourth-order valence-electron chi connectivity index (χ4n) is 1.99. The Kier molecular flexibility index (Phi) is 3.73. The van der Waals surface area contributed by atoms with Crippen molar-refractivity contribution in [2.75, 3.05) is 25.6 Å². The number of likely N-dealkylation sites (N-methyl/N-ethyl adjacent to an activating group) is 1. The van der Waals surface area contributed by atoms with Crippen molar-refractivity contribution in [1.82, 2.24) is 10.3 Å². The van der Waals surface area contributed by atoms with Gasteiger partial charge in [-0.25, -0.2) is 5.43 Å². The van der Waals surface area contributed by atoms with Gasteiger partial charge in [-0.05, 0) is 30.7 Å². The Morgan fingerprint density at radius 2 is 2.35 bits per heavy atom. The van der Waals surface area contributed by atoms with Crippen LogP contribution in [0.15, 0.2) is 18.2 Å². The highest BCUT2D eigenvalue weighted by Crippen LogP contribution is 2.23. The summed E-state index contributed by atoms with van der Waals surface area (Å²) in [6, 6.07) is 6.15. The molecule has 0 bridgehead atoms. The molecule has 5 nitrogen and oxygen atoms in total. The van der Waals surface area contributed by atoms with E-state index in [0.29, 0.717) is 13.1 Å². The minimum atomic E-state index is 0.0848. The molecule has 1 amide bonds. The molecule has 0 saturated heterocycles. The number of hydrogen-bond donors (Lipinski definition) is 3. The summed E-state index contributed by atoms with van der Waals surface area (Å²) < 4.78 is 0. The Hall–Kier alpha value is -1.43. The molecule has 0 fully saturated rings. The average molecular weight is 234 g/mol. The Labute approximate surface area is 101 Å². The minimum Gasteiger partial charge on any atom is -0.326 e. The van der Waals surface area contributed by atoms with E-state index in [-0.39, 0.29) is 5.91 Å². The molecule has 0 atom stereocenters. The number of nitrogens with zero attached hydrogens (tertiary/aromatic N) is 1. The zero-order valence-electron chi connectivity index (χ0n) is 9.99. The zero-order chi connectivity index (χ0) is 12.3. The lowest BCUT2D eigenvalue weighted by Gasteiger charge is -2.15. The fourth-order valence-corrected chi connectivity index (χ4v) is 1.99. The number of anilines is 1. The summed E-state index contributed by atoms with van der Waals surface area (Å²) in [5.41, 5.74) is 5.93.